The van der Waals surface area contributed by atoms with Gasteiger partial charge in [0.15, 0.2) is 0 Å². The number of ketones is 1. The zero-order valence-electron chi connectivity index (χ0n) is 10.8. The van der Waals surface area contributed by atoms with Crippen LogP contribution in [0.2, 0.25) is 0 Å². The van der Waals surface area contributed by atoms with E-state index in [9.17, 15) is 4.79 Å². The highest BCUT2D eigenvalue weighted by Crippen LogP contribution is 2.39. The summed E-state index contributed by atoms with van der Waals surface area (Å²) >= 11 is 0. The lowest BCUT2D eigenvalue weighted by Gasteiger charge is -2.34. The molecule has 1 fully saturated rings. The number of hydrogen-bond acceptors (Lipinski definition) is 1. The lowest BCUT2D eigenvalue weighted by molar-refractivity contribution is -0.128. The van der Waals surface area contributed by atoms with Crippen molar-refractivity contribution < 1.29 is 4.79 Å². The summed E-state index contributed by atoms with van der Waals surface area (Å²) in [6.07, 6.45) is 6.90. The highest BCUT2D eigenvalue weighted by molar-refractivity contribution is 5.83. The average Bonchev–Trinajstić information content (AvgIpc) is 2.17. The van der Waals surface area contributed by atoms with Gasteiger partial charge in [-0.1, -0.05) is 34.1 Å². The lowest BCUT2D eigenvalue weighted by atomic mass is 9.70. The first kappa shape index (κ1) is 12.7. The van der Waals surface area contributed by atoms with Crippen molar-refractivity contribution in [2.45, 2.75) is 66.2 Å². The number of carbonyl (C=O) groups is 1. The molecule has 1 saturated carbocycles. The predicted molar refractivity (Wildman–Crippen MR) is 64.8 cm³/mol. The molecular formula is C14H26O. The van der Waals surface area contributed by atoms with Crippen molar-refractivity contribution in [3.8, 4) is 0 Å². The monoisotopic (exact) mass is 210 g/mol. The Labute approximate surface area is 94.6 Å². The standard InChI is InChI=1S/C14H26O/c1-5-6-11(2)13(15)12-7-9-14(3,4)10-8-12/h11-12H,5-10H2,1-4H3. The topological polar surface area (TPSA) is 17.1 Å². The third-order valence-electron chi connectivity index (χ3n) is 3.95. The Kier molecular flexibility index (Phi) is 4.36. The van der Waals surface area contributed by atoms with E-state index < -0.39 is 0 Å². The van der Waals surface area contributed by atoms with E-state index in [1.807, 2.05) is 0 Å². The number of hydrogen-bond donors (Lipinski definition) is 0. The second-order valence-electron chi connectivity index (χ2n) is 6.03. The van der Waals surface area contributed by atoms with Crippen molar-refractivity contribution in [2.24, 2.45) is 17.3 Å². The molecule has 1 aliphatic rings. The molecule has 0 aromatic rings. The van der Waals surface area contributed by atoms with E-state index in [-0.39, 0.29) is 0 Å². The lowest BCUT2D eigenvalue weighted by Crippen LogP contribution is -2.29. The Morgan fingerprint density at radius 3 is 2.33 bits per heavy atom. The first-order valence-electron chi connectivity index (χ1n) is 6.50. The van der Waals surface area contributed by atoms with Crippen molar-refractivity contribution in [3.63, 3.8) is 0 Å². The molecule has 0 spiro atoms. The van der Waals surface area contributed by atoms with Gasteiger partial charge in [-0.3, -0.25) is 4.79 Å². The smallest absolute Gasteiger partial charge is 0.138 e. The average molecular weight is 210 g/mol. The number of carbonyl (C=O) groups excluding carboxylic acids is 1. The van der Waals surface area contributed by atoms with Crippen LogP contribution in [0, 0.1) is 17.3 Å². The first-order valence-corrected chi connectivity index (χ1v) is 6.50. The van der Waals surface area contributed by atoms with Gasteiger partial charge in [0, 0.05) is 11.8 Å². The molecule has 1 heteroatoms. The molecule has 1 aliphatic carbocycles. The van der Waals surface area contributed by atoms with Crippen LogP contribution in [0.3, 0.4) is 0 Å². The Bertz CT molecular complexity index is 207. The van der Waals surface area contributed by atoms with E-state index in [1.54, 1.807) is 0 Å². The van der Waals surface area contributed by atoms with Gasteiger partial charge in [0.1, 0.15) is 5.78 Å². The minimum atomic E-state index is 0.293. The molecule has 88 valence electrons. The Balaban J connectivity index is 2.42. The fraction of sp³-hybridized carbons (Fsp3) is 0.929. The fourth-order valence-corrected chi connectivity index (χ4v) is 2.66. The Morgan fingerprint density at radius 2 is 1.87 bits per heavy atom. The van der Waals surface area contributed by atoms with Crippen LogP contribution in [0.15, 0.2) is 0 Å². The van der Waals surface area contributed by atoms with Gasteiger partial charge in [-0.05, 0) is 37.5 Å². The van der Waals surface area contributed by atoms with Crippen molar-refractivity contribution in [3.05, 3.63) is 0 Å². The maximum absolute atomic E-state index is 12.1. The van der Waals surface area contributed by atoms with Crippen LogP contribution in [0.1, 0.15) is 66.2 Å². The molecule has 15 heavy (non-hydrogen) atoms. The van der Waals surface area contributed by atoms with Crippen LogP contribution in [0.25, 0.3) is 0 Å². The van der Waals surface area contributed by atoms with Crippen LogP contribution in [0.5, 0.6) is 0 Å². The molecule has 1 nitrogen and oxygen atoms in total. The molecule has 0 aromatic heterocycles. The van der Waals surface area contributed by atoms with E-state index in [2.05, 4.69) is 27.7 Å². The third-order valence-corrected chi connectivity index (χ3v) is 3.95. The van der Waals surface area contributed by atoms with Gasteiger partial charge in [0.2, 0.25) is 0 Å². The van der Waals surface area contributed by atoms with Crippen LogP contribution in [-0.2, 0) is 4.79 Å². The molecule has 0 amide bonds. The summed E-state index contributed by atoms with van der Waals surface area (Å²) in [6.45, 7) is 8.91. The summed E-state index contributed by atoms with van der Waals surface area (Å²) in [5.41, 5.74) is 0.477. The summed E-state index contributed by atoms with van der Waals surface area (Å²) in [5, 5.41) is 0. The van der Waals surface area contributed by atoms with E-state index in [1.165, 1.54) is 12.8 Å². The molecule has 0 aliphatic heterocycles. The van der Waals surface area contributed by atoms with Gasteiger partial charge in [-0.25, -0.2) is 0 Å². The quantitative estimate of drug-likeness (QED) is 0.679. The second-order valence-corrected chi connectivity index (χ2v) is 6.03. The largest absolute Gasteiger partial charge is 0.299 e. The summed E-state index contributed by atoms with van der Waals surface area (Å²) in [6, 6.07) is 0. The minimum absolute atomic E-state index is 0.293. The summed E-state index contributed by atoms with van der Waals surface area (Å²) in [7, 11) is 0. The van der Waals surface area contributed by atoms with E-state index in [0.29, 0.717) is 23.0 Å². The Hall–Kier alpha value is -0.330. The summed E-state index contributed by atoms with van der Waals surface area (Å²) in [4.78, 5) is 12.1. The number of rotatable bonds is 4. The molecule has 0 radical (unpaired) electrons. The molecule has 1 rings (SSSR count). The van der Waals surface area contributed by atoms with Gasteiger partial charge in [-0.2, -0.15) is 0 Å². The molecule has 0 N–H and O–H groups in total. The zero-order valence-corrected chi connectivity index (χ0v) is 10.8. The van der Waals surface area contributed by atoms with Crippen LogP contribution >= 0.6 is 0 Å². The summed E-state index contributed by atoms with van der Waals surface area (Å²) in [5.74, 6) is 1.20. The van der Waals surface area contributed by atoms with E-state index >= 15 is 0 Å². The van der Waals surface area contributed by atoms with Gasteiger partial charge < -0.3 is 0 Å². The summed E-state index contributed by atoms with van der Waals surface area (Å²) < 4.78 is 0. The molecule has 0 aromatic carbocycles. The van der Waals surface area contributed by atoms with E-state index in [4.69, 9.17) is 0 Å². The number of Topliss-reactive ketones (excluding diaryl/α,β-unsaturated/α-hetero) is 1. The van der Waals surface area contributed by atoms with Crippen molar-refractivity contribution in [1.82, 2.24) is 0 Å². The zero-order chi connectivity index (χ0) is 11.5. The fourth-order valence-electron chi connectivity index (χ4n) is 2.66. The van der Waals surface area contributed by atoms with E-state index in [0.717, 1.165) is 25.7 Å². The predicted octanol–water partition coefficient (Wildman–Crippen LogP) is 4.21. The SMILES string of the molecule is CCCC(C)C(=O)C1CCC(C)(C)CC1. The van der Waals surface area contributed by atoms with Gasteiger partial charge in [-0.15, -0.1) is 0 Å². The molecule has 1 atom stereocenters. The van der Waals surface area contributed by atoms with Crippen LogP contribution < -0.4 is 0 Å². The molecule has 0 heterocycles. The minimum Gasteiger partial charge on any atom is -0.299 e. The first-order chi connectivity index (χ1) is 6.96. The molecule has 1 unspecified atom stereocenters. The van der Waals surface area contributed by atoms with Crippen molar-refractivity contribution in [2.75, 3.05) is 0 Å². The highest BCUT2D eigenvalue weighted by atomic mass is 16.1. The van der Waals surface area contributed by atoms with Gasteiger partial charge in [0.25, 0.3) is 0 Å². The van der Waals surface area contributed by atoms with Gasteiger partial charge >= 0.3 is 0 Å². The molecule has 0 bridgehead atoms. The van der Waals surface area contributed by atoms with Gasteiger partial charge in [0.05, 0.1) is 0 Å². The highest BCUT2D eigenvalue weighted by Gasteiger charge is 2.31. The maximum atomic E-state index is 12.1. The Morgan fingerprint density at radius 1 is 1.33 bits per heavy atom. The van der Waals surface area contributed by atoms with Crippen LogP contribution in [-0.4, -0.2) is 5.78 Å². The third kappa shape index (κ3) is 3.62. The van der Waals surface area contributed by atoms with Crippen molar-refractivity contribution in [1.29, 1.82) is 0 Å². The van der Waals surface area contributed by atoms with Crippen molar-refractivity contribution >= 4 is 5.78 Å². The second kappa shape index (κ2) is 5.14. The molecule has 0 saturated heterocycles. The maximum Gasteiger partial charge on any atom is 0.138 e. The normalized spacial score (nSPS) is 23.7. The van der Waals surface area contributed by atoms with Crippen LogP contribution in [0.4, 0.5) is 0 Å². The molecular weight excluding hydrogens is 184 g/mol.